The smallest absolute Gasteiger partial charge is 0.181 e. The Bertz CT molecular complexity index is 5070. The molecule has 7 aliphatic heterocycles. The number of carbonyl (C=O) groups is 8. The fourth-order valence-corrected chi connectivity index (χ4v) is 18.9. The van der Waals surface area contributed by atoms with Crippen LogP contribution in [0.15, 0.2) is 71.3 Å². The fourth-order valence-electron chi connectivity index (χ4n) is 18.9. The first-order valence-electron chi connectivity index (χ1n) is 44.4. The number of piperidine rings is 6. The molecule has 0 radical (unpaired) electrons. The van der Waals surface area contributed by atoms with Crippen LogP contribution >= 0.6 is 0 Å². The zero-order valence-electron chi connectivity index (χ0n) is 75.0. The van der Waals surface area contributed by atoms with E-state index in [1.54, 1.807) is 59.3 Å². The number of aromatic nitrogens is 4. The normalized spacial score (nSPS) is 21.0. The SMILES string of the molecule is C.C#CC1=C(N2CCC(C)(OC)CC2)c2cc(C(=O)CC3CN(C)C3)ncc2CC1=O.C#CC1=C(N2CCC(C)(OC)CC2)c2cc(C(=O)CCC(O)CO)ncc2CC1=O.C#CC1=C(N2CCC(C)(OC)CC2)c2cc(C(=O)CCC3CCN(C)CC3)ncc2CC1=O.COC1(C)CCN(C2=C(C#N)C(=O)Cc3cnc(C(=O)CC4CCN(C)CC4)cc32)CC1. The summed E-state index contributed by atoms with van der Waals surface area (Å²) in [4.78, 5) is 135. The highest BCUT2D eigenvalue weighted by atomic mass is 16.5. The minimum Gasteiger partial charge on any atom is -0.394 e. The average Bonchev–Trinajstić information content (AvgIpc) is 0.774. The summed E-state index contributed by atoms with van der Waals surface area (Å²) in [5.41, 5.74) is 11.8. The molecule has 126 heavy (non-hydrogen) atoms. The van der Waals surface area contributed by atoms with Gasteiger partial charge in [0.15, 0.2) is 46.3 Å². The summed E-state index contributed by atoms with van der Waals surface area (Å²) in [6.45, 7) is 19.9. The van der Waals surface area contributed by atoms with Crippen molar-refractivity contribution >= 4 is 69.1 Å². The number of aliphatic hydroxyl groups is 2. The van der Waals surface area contributed by atoms with Crippen molar-refractivity contribution in [2.45, 2.75) is 205 Å². The molecule has 7 fully saturated rings. The molecule has 11 aliphatic rings. The highest BCUT2D eigenvalue weighted by Crippen LogP contribution is 2.43. The van der Waals surface area contributed by atoms with Crippen LogP contribution in [0.25, 0.3) is 22.8 Å². The summed E-state index contributed by atoms with van der Waals surface area (Å²) in [6, 6.07) is 9.38. The quantitative estimate of drug-likeness (QED) is 0.0515. The van der Waals surface area contributed by atoms with Crippen LogP contribution in [0.2, 0.25) is 0 Å². The molecule has 0 amide bonds. The Morgan fingerprint density at radius 2 is 0.714 bits per heavy atom. The first-order valence-corrected chi connectivity index (χ1v) is 44.4. The van der Waals surface area contributed by atoms with Crippen LogP contribution in [0.5, 0.6) is 0 Å². The molecule has 2 N–H and O–H groups in total. The minimum atomic E-state index is -0.934. The predicted molar refractivity (Wildman–Crippen MR) is 483 cm³/mol. The molecule has 7 saturated heterocycles. The number of nitriles is 1. The largest absolute Gasteiger partial charge is 0.394 e. The molecule has 1 atom stereocenters. The number of ketones is 8. The van der Waals surface area contributed by atoms with Gasteiger partial charge in [-0.15, -0.1) is 19.3 Å². The Balaban J connectivity index is 0.000000163. The Labute approximate surface area is 744 Å². The lowest BCUT2D eigenvalue weighted by molar-refractivity contribution is -0.115. The van der Waals surface area contributed by atoms with Crippen LogP contribution in [0.3, 0.4) is 0 Å². The van der Waals surface area contributed by atoms with E-state index in [4.69, 9.17) is 43.3 Å². The van der Waals surface area contributed by atoms with Gasteiger partial charge in [0, 0.05) is 192 Å². The number of pyridine rings is 4. The monoisotopic (exact) mass is 1720 g/mol. The lowest BCUT2D eigenvalue weighted by Crippen LogP contribution is -2.44. The third kappa shape index (κ3) is 22.5. The van der Waals surface area contributed by atoms with Crippen LogP contribution in [-0.2, 0) is 63.8 Å². The number of hydrogen-bond acceptors (Lipinski definition) is 26. The van der Waals surface area contributed by atoms with E-state index in [0.717, 1.165) is 205 Å². The molecular formula is C100H128N12O14. The Kier molecular flexibility index (Phi) is 32.4. The van der Waals surface area contributed by atoms with E-state index in [1.165, 1.54) is 0 Å². The zero-order valence-corrected chi connectivity index (χ0v) is 75.0. The van der Waals surface area contributed by atoms with Gasteiger partial charge in [0.05, 0.1) is 74.6 Å². The maximum Gasteiger partial charge on any atom is 0.181 e. The van der Waals surface area contributed by atoms with E-state index in [9.17, 15) is 48.7 Å². The van der Waals surface area contributed by atoms with Crippen molar-refractivity contribution in [1.29, 1.82) is 5.26 Å². The Morgan fingerprint density at radius 3 is 1.00 bits per heavy atom. The van der Waals surface area contributed by atoms with Crippen LogP contribution in [0.1, 0.15) is 237 Å². The van der Waals surface area contributed by atoms with Crippen molar-refractivity contribution in [2.75, 3.05) is 148 Å². The standard InChI is InChI=1S/C27H35N3O3.C25H32N4O3.C24H29N3O3.C23H28N2O5.CH4/c1-5-21-25(32)16-20-18-28-23(24(31)7-6-19-8-12-29(3)13-9-19)17-22(20)26(21)30-14-10-27(2,33-4)11-15-30;1-25(32-3)6-10-29(11-7-25)24-19-14-21(23(31)12-17-4-8-28(2)9-5-17)27-16-18(19)13-22(30)20(24)15-26;1-5-18-21(28)11-17-13-25-20(22(29)10-16-14-26(3)15-16)12-19(17)23(18)27-8-6-24(2,30-4)7-9-27;1-4-17-21(29)11-15-13-24-19(20(28)6-5-16(27)14-26)12-18(15)22(17)25-9-7-23(2,30-3)8-10-25;/h1,17-19H,6-16H2,2-4H3;14,16-17H,4-13H2,1-3H3;1,12-13,16H,6-11,14-15H2,2-4H3;1,12-13,16,26-27H,5-11,14H2,2-3H3;1H4. The molecule has 0 saturated carbocycles. The van der Waals surface area contributed by atoms with Gasteiger partial charge in [-0.05, 0) is 229 Å². The molecule has 0 bridgehead atoms. The molecule has 15 rings (SSSR count). The highest BCUT2D eigenvalue weighted by molar-refractivity contribution is 6.13. The van der Waals surface area contributed by atoms with Gasteiger partial charge in [-0.3, -0.25) is 58.3 Å². The number of aliphatic hydroxyl groups excluding tert-OH is 2. The molecule has 4 aromatic rings. The summed E-state index contributed by atoms with van der Waals surface area (Å²) < 4.78 is 22.6. The van der Waals surface area contributed by atoms with Crippen LogP contribution in [0.4, 0.5) is 0 Å². The molecule has 11 heterocycles. The number of terminal acetylenes is 3. The van der Waals surface area contributed by atoms with Crippen molar-refractivity contribution in [2.24, 2.45) is 17.8 Å². The first-order chi connectivity index (χ1) is 59.8. The van der Waals surface area contributed by atoms with Crippen molar-refractivity contribution in [3.8, 4) is 43.1 Å². The Morgan fingerprint density at radius 1 is 0.437 bits per heavy atom. The summed E-state index contributed by atoms with van der Waals surface area (Å²) in [6.07, 6.45) is 37.3. The summed E-state index contributed by atoms with van der Waals surface area (Å²) in [5, 5.41) is 28.2. The van der Waals surface area contributed by atoms with Gasteiger partial charge in [-0.2, -0.15) is 5.26 Å². The summed E-state index contributed by atoms with van der Waals surface area (Å²) in [5.74, 6) is 8.76. The van der Waals surface area contributed by atoms with Gasteiger partial charge in [-0.1, -0.05) is 25.2 Å². The van der Waals surface area contributed by atoms with Crippen LogP contribution in [-0.4, -0.2) is 287 Å². The number of Topliss-reactive ketones (excluding diaryl/α,β-unsaturated/α-hetero) is 8. The minimum absolute atomic E-state index is 0. The molecule has 26 heteroatoms. The predicted octanol–water partition coefficient (Wildman–Crippen LogP) is 10.4. The number of fused-ring (bicyclic) bond motifs is 4. The molecule has 672 valence electrons. The van der Waals surface area contributed by atoms with Gasteiger partial charge in [0.25, 0.3) is 0 Å². The van der Waals surface area contributed by atoms with Gasteiger partial charge in [0.1, 0.15) is 34.4 Å². The van der Waals surface area contributed by atoms with E-state index >= 15 is 0 Å². The van der Waals surface area contributed by atoms with Crippen LogP contribution < -0.4 is 0 Å². The maximum absolute atomic E-state index is 13.0. The van der Waals surface area contributed by atoms with E-state index in [-0.39, 0.29) is 132 Å². The molecule has 4 aromatic heterocycles. The number of ether oxygens (including phenoxy) is 4. The number of allylic oxidation sites excluding steroid dienone is 4. The third-order valence-corrected chi connectivity index (χ3v) is 28.1. The van der Waals surface area contributed by atoms with Crippen molar-refractivity contribution < 1.29 is 67.5 Å². The van der Waals surface area contributed by atoms with Crippen molar-refractivity contribution in [3.63, 3.8) is 0 Å². The number of nitrogens with zero attached hydrogens (tertiary/aromatic N) is 12. The summed E-state index contributed by atoms with van der Waals surface area (Å²) >= 11 is 0. The number of carbonyl (C=O) groups excluding carboxylic acids is 8. The Hall–Kier alpha value is -10.1. The molecular weight excluding hydrogens is 1590 g/mol. The topological polar surface area (TPSA) is 312 Å². The fraction of sp³-hybridized carbons (Fsp3) is 0.570. The van der Waals surface area contributed by atoms with E-state index in [0.29, 0.717) is 108 Å². The number of rotatable bonds is 23. The highest BCUT2D eigenvalue weighted by Gasteiger charge is 2.42. The number of hydrogen-bond donors (Lipinski definition) is 2. The number of likely N-dealkylation sites (tertiary alicyclic amines) is 7. The van der Waals surface area contributed by atoms with E-state index < -0.39 is 6.10 Å². The lowest BCUT2D eigenvalue weighted by atomic mass is 9.85. The van der Waals surface area contributed by atoms with Gasteiger partial charge < -0.3 is 63.5 Å². The summed E-state index contributed by atoms with van der Waals surface area (Å²) in [7, 11) is 13.2. The second kappa shape index (κ2) is 42.2. The average molecular weight is 1720 g/mol. The second-order valence-corrected chi connectivity index (χ2v) is 36.9. The van der Waals surface area contributed by atoms with Crippen LogP contribution in [0, 0.1) is 66.1 Å². The maximum atomic E-state index is 13.0. The third-order valence-electron chi connectivity index (χ3n) is 28.1. The van der Waals surface area contributed by atoms with Crippen molar-refractivity contribution in [1.82, 2.24) is 54.2 Å². The molecule has 26 nitrogen and oxygen atoms in total. The molecule has 1 unspecified atom stereocenters. The molecule has 4 aliphatic carbocycles. The second-order valence-electron chi connectivity index (χ2n) is 36.9. The van der Waals surface area contributed by atoms with Crippen molar-refractivity contribution in [3.05, 3.63) is 139 Å². The first kappa shape index (κ1) is 96.6. The zero-order chi connectivity index (χ0) is 89.8. The van der Waals surface area contributed by atoms with E-state index in [2.05, 4.69) is 127 Å². The van der Waals surface area contributed by atoms with Gasteiger partial charge in [-0.25, -0.2) is 0 Å². The van der Waals surface area contributed by atoms with Gasteiger partial charge >= 0.3 is 0 Å². The number of methoxy groups -OCH3 is 4. The molecule has 0 aromatic carbocycles. The lowest BCUT2D eigenvalue weighted by Gasteiger charge is -2.41. The molecule has 0 spiro atoms. The van der Waals surface area contributed by atoms with E-state index in [1.807, 2.05) is 18.2 Å². The van der Waals surface area contributed by atoms with Gasteiger partial charge in [0.2, 0.25) is 0 Å².